The average Bonchev–Trinajstić information content (AvgIpc) is 3.26. The van der Waals surface area contributed by atoms with Crippen molar-refractivity contribution in [2.75, 3.05) is 6.54 Å². The van der Waals surface area contributed by atoms with Crippen LogP contribution in [0.4, 0.5) is 4.79 Å². The molecule has 142 valence electrons. The van der Waals surface area contributed by atoms with Crippen LogP contribution in [0, 0.1) is 0 Å². The molecule has 0 radical (unpaired) electrons. The normalized spacial score (nSPS) is 12.2. The van der Waals surface area contributed by atoms with Gasteiger partial charge in [-0.3, -0.25) is 9.20 Å². The van der Waals surface area contributed by atoms with E-state index in [2.05, 4.69) is 15.6 Å². The van der Waals surface area contributed by atoms with Crippen LogP contribution in [0.3, 0.4) is 0 Å². The van der Waals surface area contributed by atoms with Crippen molar-refractivity contribution >= 4 is 28.6 Å². The van der Waals surface area contributed by atoms with Gasteiger partial charge in [0.25, 0.3) is 5.91 Å². The van der Waals surface area contributed by atoms with E-state index in [1.54, 1.807) is 17.5 Å². The molecule has 28 heavy (non-hydrogen) atoms. The molecule has 0 aliphatic heterocycles. The topological polar surface area (TPSA) is 109 Å². The molecule has 0 aliphatic carbocycles. The number of carbonyl (C=O) groups is 2. The van der Waals surface area contributed by atoms with Crippen molar-refractivity contribution in [2.45, 2.75) is 13.0 Å². The first-order valence-corrected chi connectivity index (χ1v) is 8.75. The van der Waals surface area contributed by atoms with E-state index in [4.69, 9.17) is 9.52 Å². The van der Waals surface area contributed by atoms with E-state index >= 15 is 0 Å². The standard InChI is InChI=1S/C20H18N4O4/c1-12(22-20(26)27)11-21-18(25)17-16(23-19-24(17)8-9-28-19)15-7-6-13-4-2-3-5-14(13)10-15/h2-10,12,22H,11H2,1H3,(H,21,25)(H,26,27). The number of aromatic nitrogens is 2. The van der Waals surface area contributed by atoms with Gasteiger partial charge >= 0.3 is 11.9 Å². The maximum atomic E-state index is 12.9. The van der Waals surface area contributed by atoms with Crippen LogP contribution in [0.1, 0.15) is 17.4 Å². The lowest BCUT2D eigenvalue weighted by Crippen LogP contribution is -2.41. The van der Waals surface area contributed by atoms with Gasteiger partial charge in [-0.1, -0.05) is 36.4 Å². The van der Waals surface area contributed by atoms with Crippen molar-refractivity contribution in [2.24, 2.45) is 0 Å². The van der Waals surface area contributed by atoms with Crippen molar-refractivity contribution in [1.82, 2.24) is 20.0 Å². The molecular weight excluding hydrogens is 360 g/mol. The molecule has 8 nitrogen and oxygen atoms in total. The molecule has 0 bridgehead atoms. The van der Waals surface area contributed by atoms with Gasteiger partial charge in [-0.2, -0.15) is 4.98 Å². The molecule has 0 saturated carbocycles. The number of amides is 2. The highest BCUT2D eigenvalue weighted by Crippen LogP contribution is 2.28. The number of rotatable bonds is 5. The number of nitrogens with one attached hydrogen (secondary N) is 2. The molecule has 2 amide bonds. The Morgan fingerprint density at radius 3 is 2.79 bits per heavy atom. The van der Waals surface area contributed by atoms with Crippen molar-refractivity contribution in [3.63, 3.8) is 0 Å². The van der Waals surface area contributed by atoms with Gasteiger partial charge in [-0.15, -0.1) is 0 Å². The molecule has 8 heteroatoms. The van der Waals surface area contributed by atoms with Crippen LogP contribution in [0.2, 0.25) is 0 Å². The van der Waals surface area contributed by atoms with E-state index in [-0.39, 0.29) is 12.5 Å². The number of hydrogen-bond donors (Lipinski definition) is 3. The van der Waals surface area contributed by atoms with Crippen LogP contribution in [0.25, 0.3) is 27.9 Å². The number of imidazole rings is 1. The van der Waals surface area contributed by atoms with Gasteiger partial charge in [0.15, 0.2) is 0 Å². The van der Waals surface area contributed by atoms with Crippen LogP contribution in [-0.4, -0.2) is 39.1 Å². The summed E-state index contributed by atoms with van der Waals surface area (Å²) in [6, 6.07) is 13.4. The fourth-order valence-electron chi connectivity index (χ4n) is 3.13. The summed E-state index contributed by atoms with van der Waals surface area (Å²) >= 11 is 0. The fraction of sp³-hybridized carbons (Fsp3) is 0.150. The molecular formula is C20H18N4O4. The molecule has 2 aromatic heterocycles. The second-order valence-electron chi connectivity index (χ2n) is 6.49. The Bertz CT molecular complexity index is 1180. The molecule has 0 saturated heterocycles. The third kappa shape index (κ3) is 3.27. The third-order valence-corrected chi connectivity index (χ3v) is 4.44. The summed E-state index contributed by atoms with van der Waals surface area (Å²) in [5, 5.41) is 16.0. The lowest BCUT2D eigenvalue weighted by molar-refractivity contribution is 0.0944. The van der Waals surface area contributed by atoms with Crippen LogP contribution in [-0.2, 0) is 0 Å². The number of carbonyl (C=O) groups excluding carboxylic acids is 1. The van der Waals surface area contributed by atoms with E-state index in [9.17, 15) is 9.59 Å². The van der Waals surface area contributed by atoms with Gasteiger partial charge in [0.1, 0.15) is 17.7 Å². The van der Waals surface area contributed by atoms with Crippen LogP contribution in [0.5, 0.6) is 0 Å². The zero-order valence-electron chi connectivity index (χ0n) is 15.0. The Morgan fingerprint density at radius 1 is 1.21 bits per heavy atom. The second-order valence-corrected chi connectivity index (χ2v) is 6.49. The quantitative estimate of drug-likeness (QED) is 0.494. The second kappa shape index (κ2) is 7.07. The largest absolute Gasteiger partial charge is 0.465 e. The molecule has 0 aliphatic rings. The summed E-state index contributed by atoms with van der Waals surface area (Å²) in [4.78, 5) is 28.1. The van der Waals surface area contributed by atoms with Crippen LogP contribution in [0.15, 0.2) is 59.3 Å². The summed E-state index contributed by atoms with van der Waals surface area (Å²) in [6.07, 6.45) is 1.94. The summed E-state index contributed by atoms with van der Waals surface area (Å²) in [5.41, 5.74) is 1.63. The van der Waals surface area contributed by atoms with Gasteiger partial charge in [-0.05, 0) is 23.8 Å². The first-order valence-electron chi connectivity index (χ1n) is 8.75. The molecule has 2 aromatic carbocycles. The number of oxazole rings is 1. The van der Waals surface area contributed by atoms with E-state index < -0.39 is 12.1 Å². The third-order valence-electron chi connectivity index (χ3n) is 4.44. The Labute approximate surface area is 159 Å². The van der Waals surface area contributed by atoms with Crippen LogP contribution < -0.4 is 10.6 Å². The minimum Gasteiger partial charge on any atom is -0.465 e. The zero-order chi connectivity index (χ0) is 19.7. The Hall–Kier alpha value is -3.81. The van der Waals surface area contributed by atoms with Gasteiger partial charge in [0.05, 0.1) is 0 Å². The summed E-state index contributed by atoms with van der Waals surface area (Å²) in [6.45, 7) is 1.82. The van der Waals surface area contributed by atoms with E-state index in [0.717, 1.165) is 16.3 Å². The number of hydrogen-bond acceptors (Lipinski definition) is 4. The molecule has 2 heterocycles. The first-order chi connectivity index (χ1) is 13.5. The SMILES string of the molecule is CC(CNC(=O)c1c(-c2ccc3ccccc3c2)nc2occn12)NC(=O)O. The monoisotopic (exact) mass is 378 g/mol. The van der Waals surface area contributed by atoms with Gasteiger partial charge in [-0.25, -0.2) is 4.79 Å². The Kier molecular flexibility index (Phi) is 4.44. The number of carboxylic acid groups (broad SMARTS) is 1. The average molecular weight is 378 g/mol. The molecule has 1 atom stereocenters. The molecule has 4 aromatic rings. The summed E-state index contributed by atoms with van der Waals surface area (Å²) in [7, 11) is 0. The predicted molar refractivity (Wildman–Crippen MR) is 103 cm³/mol. The lowest BCUT2D eigenvalue weighted by atomic mass is 10.0. The highest BCUT2D eigenvalue weighted by Gasteiger charge is 2.22. The van der Waals surface area contributed by atoms with Crippen molar-refractivity contribution in [3.05, 3.63) is 60.6 Å². The highest BCUT2D eigenvalue weighted by molar-refractivity contribution is 6.00. The smallest absolute Gasteiger partial charge is 0.404 e. The predicted octanol–water partition coefficient (Wildman–Crippen LogP) is 3.13. The highest BCUT2D eigenvalue weighted by atomic mass is 16.4. The number of nitrogens with zero attached hydrogens (tertiary/aromatic N) is 2. The van der Waals surface area contributed by atoms with E-state index in [1.165, 1.54) is 6.26 Å². The van der Waals surface area contributed by atoms with Crippen LogP contribution >= 0.6 is 0 Å². The molecule has 3 N–H and O–H groups in total. The van der Waals surface area contributed by atoms with Crippen molar-refractivity contribution in [1.29, 1.82) is 0 Å². The van der Waals surface area contributed by atoms with Crippen molar-refractivity contribution in [3.8, 4) is 11.3 Å². The molecule has 0 fully saturated rings. The lowest BCUT2D eigenvalue weighted by Gasteiger charge is -2.12. The molecule has 4 rings (SSSR count). The number of benzene rings is 2. The van der Waals surface area contributed by atoms with E-state index in [1.807, 2.05) is 42.5 Å². The maximum absolute atomic E-state index is 12.9. The van der Waals surface area contributed by atoms with Gasteiger partial charge in [0, 0.05) is 24.3 Å². The summed E-state index contributed by atoms with van der Waals surface area (Å²) < 4.78 is 6.94. The Morgan fingerprint density at radius 2 is 2.00 bits per heavy atom. The van der Waals surface area contributed by atoms with Gasteiger partial charge in [0.2, 0.25) is 0 Å². The van der Waals surface area contributed by atoms with Crippen molar-refractivity contribution < 1.29 is 19.1 Å². The maximum Gasteiger partial charge on any atom is 0.404 e. The fourth-order valence-corrected chi connectivity index (χ4v) is 3.13. The minimum absolute atomic E-state index is 0.146. The molecule has 1 unspecified atom stereocenters. The Balaban J connectivity index is 1.70. The van der Waals surface area contributed by atoms with Gasteiger partial charge < -0.3 is 20.2 Å². The number of fused-ring (bicyclic) bond motifs is 2. The van der Waals surface area contributed by atoms with E-state index in [0.29, 0.717) is 17.2 Å². The first kappa shape index (κ1) is 17.6. The summed E-state index contributed by atoms with van der Waals surface area (Å²) in [5.74, 6) is -0.0545. The minimum atomic E-state index is -1.14. The zero-order valence-corrected chi connectivity index (χ0v) is 15.0. The molecule has 0 spiro atoms.